The number of benzene rings is 3. The van der Waals surface area contributed by atoms with Gasteiger partial charge in [0.25, 0.3) is 0 Å². The van der Waals surface area contributed by atoms with Gasteiger partial charge >= 0.3 is 5.97 Å². The van der Waals surface area contributed by atoms with Crippen molar-refractivity contribution in [3.8, 4) is 17.2 Å². The largest absolute Gasteiger partial charge is 0.489 e. The van der Waals surface area contributed by atoms with E-state index < -0.39 is 5.97 Å². The predicted octanol–water partition coefficient (Wildman–Crippen LogP) is 5.91. The molecule has 162 valence electrons. The van der Waals surface area contributed by atoms with Crippen LogP contribution in [0.2, 0.25) is 5.02 Å². The molecule has 0 amide bonds. The van der Waals surface area contributed by atoms with Crippen molar-refractivity contribution in [3.63, 3.8) is 0 Å². The number of rotatable bonds is 6. The first-order valence-corrected chi connectivity index (χ1v) is 10.1. The summed E-state index contributed by atoms with van der Waals surface area (Å²) >= 11 is 6.14. The van der Waals surface area contributed by atoms with Crippen LogP contribution < -0.4 is 14.9 Å². The highest BCUT2D eigenvalue weighted by atomic mass is 35.5. The third kappa shape index (κ3) is 4.45. The average molecular weight is 451 g/mol. The molecule has 4 rings (SSSR count). The van der Waals surface area contributed by atoms with Crippen LogP contribution in [0, 0.1) is 6.92 Å². The minimum atomic E-state index is -0.393. The number of carbonyl (C=O) groups excluding carboxylic acids is 1. The fourth-order valence-electron chi connectivity index (χ4n) is 3.14. The minimum absolute atomic E-state index is 0.0879. The van der Waals surface area contributed by atoms with Crippen molar-refractivity contribution in [2.75, 3.05) is 7.11 Å². The Morgan fingerprint density at radius 2 is 1.78 bits per heavy atom. The molecule has 1 aromatic heterocycles. The Balaban J connectivity index is 1.55. The Kier molecular flexibility index (Phi) is 6.14. The van der Waals surface area contributed by atoms with Gasteiger partial charge in [0.2, 0.25) is 11.2 Å². The quantitative estimate of drug-likeness (QED) is 0.340. The Morgan fingerprint density at radius 1 is 1.03 bits per heavy atom. The molecular formula is C25H19ClO6. The maximum atomic E-state index is 13.0. The van der Waals surface area contributed by atoms with Crippen molar-refractivity contribution in [1.82, 2.24) is 0 Å². The van der Waals surface area contributed by atoms with E-state index in [-0.39, 0.29) is 17.8 Å². The molecule has 1 heterocycles. The van der Waals surface area contributed by atoms with Gasteiger partial charge in [-0.25, -0.2) is 4.79 Å². The van der Waals surface area contributed by atoms with E-state index in [4.69, 9.17) is 30.2 Å². The van der Waals surface area contributed by atoms with E-state index in [9.17, 15) is 9.59 Å². The molecule has 0 saturated carbocycles. The zero-order chi connectivity index (χ0) is 22.7. The molecule has 0 atom stereocenters. The summed E-state index contributed by atoms with van der Waals surface area (Å²) in [5.74, 6) is 0.942. The molecule has 0 aliphatic rings. The fourth-order valence-corrected chi connectivity index (χ4v) is 3.31. The molecule has 32 heavy (non-hydrogen) atoms. The van der Waals surface area contributed by atoms with Gasteiger partial charge in [0, 0.05) is 6.07 Å². The van der Waals surface area contributed by atoms with Crippen molar-refractivity contribution >= 4 is 28.5 Å². The number of aryl methyl sites for hydroxylation is 1. The first-order chi connectivity index (χ1) is 15.5. The van der Waals surface area contributed by atoms with Crippen LogP contribution in [0.4, 0.5) is 0 Å². The van der Waals surface area contributed by atoms with Gasteiger partial charge in [-0.1, -0.05) is 35.9 Å². The predicted molar refractivity (Wildman–Crippen MR) is 121 cm³/mol. The summed E-state index contributed by atoms with van der Waals surface area (Å²) in [4.78, 5) is 24.5. The van der Waals surface area contributed by atoms with Crippen LogP contribution in [-0.2, 0) is 11.3 Å². The summed E-state index contributed by atoms with van der Waals surface area (Å²) in [5.41, 5.74) is 1.43. The highest BCUT2D eigenvalue weighted by Gasteiger charge is 2.16. The van der Waals surface area contributed by atoms with Crippen LogP contribution in [0.15, 0.2) is 75.9 Å². The summed E-state index contributed by atoms with van der Waals surface area (Å²) in [6.07, 6.45) is 0. The van der Waals surface area contributed by atoms with E-state index >= 15 is 0 Å². The third-order valence-electron chi connectivity index (χ3n) is 4.82. The van der Waals surface area contributed by atoms with Gasteiger partial charge in [0.1, 0.15) is 29.4 Å². The molecule has 6 nitrogen and oxygen atoms in total. The lowest BCUT2D eigenvalue weighted by Crippen LogP contribution is -2.07. The Bertz CT molecular complexity index is 1340. The van der Waals surface area contributed by atoms with Gasteiger partial charge in [-0.3, -0.25) is 4.79 Å². The second kappa shape index (κ2) is 9.16. The zero-order valence-corrected chi connectivity index (χ0v) is 18.1. The first-order valence-electron chi connectivity index (χ1n) is 9.76. The maximum Gasteiger partial charge on any atom is 0.337 e. The number of para-hydroxylation sites is 1. The van der Waals surface area contributed by atoms with Gasteiger partial charge in [0.05, 0.1) is 23.1 Å². The molecule has 0 fully saturated rings. The summed E-state index contributed by atoms with van der Waals surface area (Å²) in [7, 11) is 1.34. The number of fused-ring (bicyclic) bond motifs is 1. The van der Waals surface area contributed by atoms with Crippen LogP contribution in [0.25, 0.3) is 11.0 Å². The average Bonchev–Trinajstić information content (AvgIpc) is 2.81. The summed E-state index contributed by atoms with van der Waals surface area (Å²) in [6.45, 7) is 1.94. The molecule has 0 unspecified atom stereocenters. The van der Waals surface area contributed by atoms with E-state index in [0.29, 0.717) is 38.8 Å². The summed E-state index contributed by atoms with van der Waals surface area (Å²) in [6, 6.07) is 18.8. The standard InChI is InChI=1S/C25H19ClO6/c1-15-24(32-21-6-4-3-5-20(21)26)23(27)19-12-11-18(13-22(19)31-15)30-14-16-7-9-17(10-8-16)25(28)29-2/h3-13H,14H2,1-2H3. The molecule has 7 heteroatoms. The van der Waals surface area contributed by atoms with E-state index in [2.05, 4.69) is 0 Å². The number of halogens is 1. The van der Waals surface area contributed by atoms with Crippen LogP contribution in [-0.4, -0.2) is 13.1 Å². The van der Waals surface area contributed by atoms with Crippen LogP contribution in [0.3, 0.4) is 0 Å². The van der Waals surface area contributed by atoms with Gasteiger partial charge in [-0.2, -0.15) is 0 Å². The second-order valence-electron chi connectivity index (χ2n) is 6.98. The van der Waals surface area contributed by atoms with Crippen LogP contribution in [0.5, 0.6) is 17.2 Å². The van der Waals surface area contributed by atoms with E-state index in [0.717, 1.165) is 5.56 Å². The highest BCUT2D eigenvalue weighted by Crippen LogP contribution is 2.31. The maximum absolute atomic E-state index is 13.0. The summed E-state index contributed by atoms with van der Waals surface area (Å²) < 4.78 is 22.1. The topological polar surface area (TPSA) is 75.0 Å². The number of esters is 1. The Hall–Kier alpha value is -3.77. The van der Waals surface area contributed by atoms with Crippen molar-refractivity contribution < 1.29 is 23.4 Å². The van der Waals surface area contributed by atoms with Gasteiger partial charge in [-0.15, -0.1) is 0 Å². The van der Waals surface area contributed by atoms with Gasteiger partial charge < -0.3 is 18.6 Å². The van der Waals surface area contributed by atoms with E-state index in [1.165, 1.54) is 7.11 Å². The van der Waals surface area contributed by atoms with Gasteiger partial charge in [0.15, 0.2) is 0 Å². The molecule has 0 aliphatic heterocycles. The monoisotopic (exact) mass is 450 g/mol. The first kappa shape index (κ1) is 21.5. The van der Waals surface area contributed by atoms with Gasteiger partial charge in [-0.05, 0) is 48.9 Å². The van der Waals surface area contributed by atoms with Crippen LogP contribution >= 0.6 is 11.6 Å². The molecule has 0 radical (unpaired) electrons. The smallest absolute Gasteiger partial charge is 0.337 e. The number of hydrogen-bond acceptors (Lipinski definition) is 6. The normalized spacial score (nSPS) is 10.7. The van der Waals surface area contributed by atoms with E-state index in [1.807, 2.05) is 0 Å². The Morgan fingerprint density at radius 3 is 2.50 bits per heavy atom. The molecule has 4 aromatic rings. The van der Waals surface area contributed by atoms with Crippen molar-refractivity contribution in [1.29, 1.82) is 0 Å². The zero-order valence-electron chi connectivity index (χ0n) is 17.4. The third-order valence-corrected chi connectivity index (χ3v) is 5.13. The van der Waals surface area contributed by atoms with Crippen LogP contribution in [0.1, 0.15) is 21.7 Å². The lowest BCUT2D eigenvalue weighted by atomic mass is 10.1. The van der Waals surface area contributed by atoms with Crippen molar-refractivity contribution in [2.24, 2.45) is 0 Å². The minimum Gasteiger partial charge on any atom is -0.489 e. The molecule has 0 spiro atoms. The van der Waals surface area contributed by atoms with Crippen molar-refractivity contribution in [2.45, 2.75) is 13.5 Å². The SMILES string of the molecule is COC(=O)c1ccc(COc2ccc3c(=O)c(Oc4ccccc4Cl)c(C)oc3c2)cc1. The Labute approximate surface area is 188 Å². The second-order valence-corrected chi connectivity index (χ2v) is 7.39. The molecular weight excluding hydrogens is 432 g/mol. The number of methoxy groups -OCH3 is 1. The molecule has 3 aromatic carbocycles. The molecule has 0 bridgehead atoms. The molecule has 0 N–H and O–H groups in total. The fraction of sp³-hybridized carbons (Fsp3) is 0.120. The summed E-state index contributed by atoms with van der Waals surface area (Å²) in [5, 5.41) is 0.766. The highest BCUT2D eigenvalue weighted by molar-refractivity contribution is 6.32. The number of ether oxygens (including phenoxy) is 3. The number of carbonyl (C=O) groups is 1. The lowest BCUT2D eigenvalue weighted by molar-refractivity contribution is 0.0600. The molecule has 0 aliphatic carbocycles. The van der Waals surface area contributed by atoms with Crippen molar-refractivity contribution in [3.05, 3.63) is 98.9 Å². The van der Waals surface area contributed by atoms with E-state index in [1.54, 1.807) is 73.7 Å². The number of hydrogen-bond donors (Lipinski definition) is 0. The lowest BCUT2D eigenvalue weighted by Gasteiger charge is -2.11. The molecule has 0 saturated heterocycles.